The molecule has 102 valence electrons. The third-order valence-corrected chi connectivity index (χ3v) is 3.31. The lowest BCUT2D eigenvalue weighted by Gasteiger charge is -2.19. The molecule has 0 amide bonds. The van der Waals surface area contributed by atoms with Crippen LogP contribution in [0.2, 0.25) is 0 Å². The highest BCUT2D eigenvalue weighted by Gasteiger charge is 2.22. The summed E-state index contributed by atoms with van der Waals surface area (Å²) in [5, 5.41) is 4.45. The van der Waals surface area contributed by atoms with Gasteiger partial charge in [-0.3, -0.25) is 10.1 Å². The SMILES string of the molecule is COC(=O)C(NCc1c[nH]c2ccccc12)C(C)C. The van der Waals surface area contributed by atoms with Gasteiger partial charge in [-0.25, -0.2) is 0 Å². The molecule has 1 heterocycles. The molecule has 19 heavy (non-hydrogen) atoms. The summed E-state index contributed by atoms with van der Waals surface area (Å²) in [6, 6.07) is 7.85. The molecule has 2 N–H and O–H groups in total. The number of ether oxygens (including phenoxy) is 1. The Hall–Kier alpha value is -1.81. The van der Waals surface area contributed by atoms with Gasteiger partial charge in [0.25, 0.3) is 0 Å². The molecule has 1 aromatic carbocycles. The third kappa shape index (κ3) is 2.96. The van der Waals surface area contributed by atoms with Crippen molar-refractivity contribution in [2.75, 3.05) is 7.11 Å². The summed E-state index contributed by atoms with van der Waals surface area (Å²) in [5.74, 6) is -0.0208. The van der Waals surface area contributed by atoms with Crippen LogP contribution in [0.5, 0.6) is 0 Å². The predicted octanol–water partition coefficient (Wildman–Crippen LogP) is 2.46. The van der Waals surface area contributed by atoms with Crippen molar-refractivity contribution < 1.29 is 9.53 Å². The molecule has 1 aromatic heterocycles. The highest BCUT2D eigenvalue weighted by Crippen LogP contribution is 2.18. The molecule has 2 aromatic rings. The van der Waals surface area contributed by atoms with Crippen molar-refractivity contribution in [2.45, 2.75) is 26.4 Å². The van der Waals surface area contributed by atoms with E-state index in [2.05, 4.69) is 16.4 Å². The normalized spacial score (nSPS) is 12.8. The highest BCUT2D eigenvalue weighted by molar-refractivity contribution is 5.83. The zero-order valence-corrected chi connectivity index (χ0v) is 11.6. The summed E-state index contributed by atoms with van der Waals surface area (Å²) in [5.41, 5.74) is 2.27. The van der Waals surface area contributed by atoms with E-state index in [-0.39, 0.29) is 17.9 Å². The van der Waals surface area contributed by atoms with E-state index in [1.807, 2.05) is 38.2 Å². The van der Waals surface area contributed by atoms with Gasteiger partial charge in [-0.05, 0) is 17.5 Å². The molecular weight excluding hydrogens is 240 g/mol. The van der Waals surface area contributed by atoms with Gasteiger partial charge in [-0.1, -0.05) is 32.0 Å². The molecule has 1 atom stereocenters. The van der Waals surface area contributed by atoms with Crippen molar-refractivity contribution in [1.82, 2.24) is 10.3 Å². The van der Waals surface area contributed by atoms with Crippen LogP contribution in [0.25, 0.3) is 10.9 Å². The number of benzene rings is 1. The number of esters is 1. The Morgan fingerprint density at radius 3 is 2.79 bits per heavy atom. The first kappa shape index (κ1) is 13.6. The maximum atomic E-state index is 11.7. The van der Waals surface area contributed by atoms with Gasteiger partial charge in [0.2, 0.25) is 0 Å². The van der Waals surface area contributed by atoms with Gasteiger partial charge in [-0.2, -0.15) is 0 Å². The molecule has 0 spiro atoms. The fourth-order valence-corrected chi connectivity index (χ4v) is 2.22. The van der Waals surface area contributed by atoms with Crippen LogP contribution in [0.3, 0.4) is 0 Å². The number of hydrogen-bond acceptors (Lipinski definition) is 3. The minimum Gasteiger partial charge on any atom is -0.468 e. The zero-order valence-electron chi connectivity index (χ0n) is 11.6. The zero-order chi connectivity index (χ0) is 13.8. The van der Waals surface area contributed by atoms with Crippen molar-refractivity contribution in [3.05, 3.63) is 36.0 Å². The molecule has 4 nitrogen and oxygen atoms in total. The average Bonchev–Trinajstić information content (AvgIpc) is 2.82. The van der Waals surface area contributed by atoms with Crippen molar-refractivity contribution in [3.8, 4) is 0 Å². The summed E-state index contributed by atoms with van der Waals surface area (Å²) in [6.07, 6.45) is 1.98. The number of H-pyrrole nitrogens is 1. The molecule has 0 bridgehead atoms. The molecule has 0 fully saturated rings. The van der Waals surface area contributed by atoms with Crippen LogP contribution < -0.4 is 5.32 Å². The standard InChI is InChI=1S/C15H20N2O2/c1-10(2)14(15(18)19-3)17-9-11-8-16-13-7-5-4-6-12(11)13/h4-8,10,14,16-17H,9H2,1-3H3. The van der Waals surface area contributed by atoms with E-state index in [1.54, 1.807) is 0 Å². The van der Waals surface area contributed by atoms with Crippen molar-refractivity contribution in [1.29, 1.82) is 0 Å². The van der Waals surface area contributed by atoms with E-state index < -0.39 is 0 Å². The second-order valence-electron chi connectivity index (χ2n) is 4.99. The van der Waals surface area contributed by atoms with Gasteiger partial charge in [0.1, 0.15) is 6.04 Å². The Kier molecular flexibility index (Phi) is 4.22. The number of carbonyl (C=O) groups excluding carboxylic acids is 1. The number of rotatable bonds is 5. The Morgan fingerprint density at radius 1 is 1.37 bits per heavy atom. The van der Waals surface area contributed by atoms with Gasteiger partial charge in [-0.15, -0.1) is 0 Å². The van der Waals surface area contributed by atoms with Gasteiger partial charge in [0.15, 0.2) is 0 Å². The van der Waals surface area contributed by atoms with Crippen molar-refractivity contribution in [2.24, 2.45) is 5.92 Å². The van der Waals surface area contributed by atoms with Gasteiger partial charge < -0.3 is 9.72 Å². The average molecular weight is 260 g/mol. The van der Waals surface area contributed by atoms with Gasteiger partial charge >= 0.3 is 5.97 Å². The first-order valence-corrected chi connectivity index (χ1v) is 6.49. The number of nitrogens with one attached hydrogen (secondary N) is 2. The Bertz CT molecular complexity index is 560. The lowest BCUT2D eigenvalue weighted by Crippen LogP contribution is -2.41. The molecule has 1 unspecified atom stereocenters. The highest BCUT2D eigenvalue weighted by atomic mass is 16.5. The smallest absolute Gasteiger partial charge is 0.323 e. The van der Waals surface area contributed by atoms with Crippen molar-refractivity contribution >= 4 is 16.9 Å². The van der Waals surface area contributed by atoms with Crippen molar-refractivity contribution in [3.63, 3.8) is 0 Å². The summed E-state index contributed by atoms with van der Waals surface area (Å²) >= 11 is 0. The number of aromatic nitrogens is 1. The molecule has 0 aliphatic heterocycles. The Morgan fingerprint density at radius 2 is 2.11 bits per heavy atom. The van der Waals surface area contributed by atoms with Crippen LogP contribution in [0, 0.1) is 5.92 Å². The van der Waals surface area contributed by atoms with E-state index in [0.717, 1.165) is 11.1 Å². The third-order valence-electron chi connectivity index (χ3n) is 3.31. The van der Waals surface area contributed by atoms with Crippen LogP contribution >= 0.6 is 0 Å². The first-order chi connectivity index (χ1) is 9.13. The summed E-state index contributed by atoms with van der Waals surface area (Å²) in [4.78, 5) is 14.9. The largest absolute Gasteiger partial charge is 0.468 e. The number of aromatic amines is 1. The lowest BCUT2D eigenvalue weighted by atomic mass is 10.0. The van der Waals surface area contributed by atoms with E-state index in [4.69, 9.17) is 4.74 Å². The fraction of sp³-hybridized carbons (Fsp3) is 0.400. The van der Waals surface area contributed by atoms with Crippen LogP contribution in [-0.2, 0) is 16.1 Å². The van der Waals surface area contributed by atoms with E-state index >= 15 is 0 Å². The number of methoxy groups -OCH3 is 1. The molecule has 0 aliphatic rings. The topological polar surface area (TPSA) is 54.1 Å². The fourth-order valence-electron chi connectivity index (χ4n) is 2.22. The van der Waals surface area contributed by atoms with Crippen LogP contribution in [-0.4, -0.2) is 24.1 Å². The van der Waals surface area contributed by atoms with Gasteiger partial charge in [0.05, 0.1) is 7.11 Å². The minimum atomic E-state index is -0.279. The lowest BCUT2D eigenvalue weighted by molar-refractivity contribution is -0.144. The maximum Gasteiger partial charge on any atom is 0.323 e. The second kappa shape index (κ2) is 5.89. The molecule has 4 heteroatoms. The Balaban J connectivity index is 2.11. The first-order valence-electron chi connectivity index (χ1n) is 6.49. The molecule has 0 saturated carbocycles. The molecule has 2 rings (SSSR count). The second-order valence-corrected chi connectivity index (χ2v) is 4.99. The quantitative estimate of drug-likeness (QED) is 0.812. The van der Waals surface area contributed by atoms with Crippen LogP contribution in [0.1, 0.15) is 19.4 Å². The summed E-state index contributed by atoms with van der Waals surface area (Å²) in [6.45, 7) is 4.65. The van der Waals surface area contributed by atoms with E-state index in [0.29, 0.717) is 6.54 Å². The molecular formula is C15H20N2O2. The van der Waals surface area contributed by atoms with Gasteiger partial charge in [0, 0.05) is 23.6 Å². The number of para-hydroxylation sites is 1. The summed E-state index contributed by atoms with van der Waals surface area (Å²) < 4.78 is 4.82. The van der Waals surface area contributed by atoms with Crippen LogP contribution in [0.4, 0.5) is 0 Å². The Labute approximate surface area is 113 Å². The minimum absolute atomic E-state index is 0.192. The number of hydrogen-bond donors (Lipinski definition) is 2. The molecule has 0 aliphatic carbocycles. The summed E-state index contributed by atoms with van der Waals surface area (Å²) in [7, 11) is 1.42. The van der Waals surface area contributed by atoms with E-state index in [9.17, 15) is 4.79 Å². The predicted molar refractivity (Wildman–Crippen MR) is 75.8 cm³/mol. The maximum absolute atomic E-state index is 11.7. The number of carbonyl (C=O) groups is 1. The monoisotopic (exact) mass is 260 g/mol. The molecule has 0 radical (unpaired) electrons. The molecule has 0 saturated heterocycles. The van der Waals surface area contributed by atoms with Crippen LogP contribution in [0.15, 0.2) is 30.5 Å². The van der Waals surface area contributed by atoms with E-state index in [1.165, 1.54) is 12.5 Å². The number of fused-ring (bicyclic) bond motifs is 1.